The Morgan fingerprint density at radius 1 is 1.32 bits per heavy atom. The van der Waals surface area contributed by atoms with Crippen LogP contribution in [0.1, 0.15) is 19.4 Å². The largest absolute Gasteiger partial charge is 0.497 e. The first-order valence-corrected chi connectivity index (χ1v) is 7.67. The number of thioether (sulfide) groups is 1. The molecule has 0 unspecified atom stereocenters. The molecule has 0 saturated carbocycles. The smallest absolute Gasteiger partial charge is 0.167 e. The molecule has 0 bridgehead atoms. The van der Waals surface area contributed by atoms with Gasteiger partial charge in [0.05, 0.1) is 7.11 Å². The van der Waals surface area contributed by atoms with Crippen LogP contribution in [-0.2, 0) is 5.75 Å². The predicted octanol–water partition coefficient (Wildman–Crippen LogP) is 2.56. The highest BCUT2D eigenvalue weighted by molar-refractivity contribution is 8.22. The number of benzene rings is 1. The van der Waals surface area contributed by atoms with Crippen LogP contribution in [0.5, 0.6) is 5.75 Å². The van der Waals surface area contributed by atoms with Crippen LogP contribution >= 0.6 is 24.0 Å². The van der Waals surface area contributed by atoms with Crippen molar-refractivity contribution >= 4 is 28.3 Å². The zero-order valence-electron chi connectivity index (χ0n) is 11.6. The molecule has 0 radical (unpaired) electrons. The minimum absolute atomic E-state index is 0.784. The second-order valence-electron chi connectivity index (χ2n) is 3.76. The number of hydrogen-bond donors (Lipinski definition) is 2. The van der Waals surface area contributed by atoms with Crippen LogP contribution in [0, 0.1) is 0 Å². The molecule has 0 aliphatic heterocycles. The highest BCUT2D eigenvalue weighted by Crippen LogP contribution is 2.19. The number of rotatable bonds is 7. The van der Waals surface area contributed by atoms with E-state index >= 15 is 0 Å². The van der Waals surface area contributed by atoms with Gasteiger partial charge in [-0.15, -0.1) is 0 Å². The molecule has 1 aromatic rings. The first-order chi connectivity index (χ1) is 9.21. The summed E-state index contributed by atoms with van der Waals surface area (Å²) in [4.78, 5) is 0. The van der Waals surface area contributed by atoms with E-state index in [1.165, 1.54) is 5.56 Å². The molecule has 0 aliphatic carbocycles. The van der Waals surface area contributed by atoms with Crippen molar-refractivity contribution in [2.45, 2.75) is 19.6 Å². The van der Waals surface area contributed by atoms with Crippen molar-refractivity contribution in [3.63, 3.8) is 0 Å². The molecule has 1 rings (SSSR count). The summed E-state index contributed by atoms with van der Waals surface area (Å²) in [5.74, 6) is 1.70. The molecule has 0 saturated heterocycles. The lowest BCUT2D eigenvalue weighted by molar-refractivity contribution is 0.241. The summed E-state index contributed by atoms with van der Waals surface area (Å²) in [7, 11) is 1.68. The fourth-order valence-electron chi connectivity index (χ4n) is 1.47. The number of methoxy groups -OCH3 is 1. The molecular weight excluding hydrogens is 278 g/mol. The second-order valence-corrected chi connectivity index (χ2v) is 5.37. The third kappa shape index (κ3) is 5.78. The van der Waals surface area contributed by atoms with Gasteiger partial charge in [-0.05, 0) is 29.9 Å². The number of ether oxygens (including phenoxy) is 1. The van der Waals surface area contributed by atoms with E-state index in [9.17, 15) is 0 Å². The van der Waals surface area contributed by atoms with Crippen molar-refractivity contribution in [1.29, 1.82) is 0 Å². The lowest BCUT2D eigenvalue weighted by Crippen LogP contribution is -2.50. The standard InChI is InChI=1S/C13H21N3OS2/c1-4-14-16(15-5-2)13(18)19-10-11-7-6-8-12(9-11)17-3/h6-9,14-15H,4-5,10H2,1-3H3. The number of nitrogens with one attached hydrogen (secondary N) is 2. The molecular formula is C13H21N3OS2. The van der Waals surface area contributed by atoms with E-state index in [0.717, 1.165) is 28.9 Å². The van der Waals surface area contributed by atoms with Gasteiger partial charge in [0, 0.05) is 18.8 Å². The molecule has 0 amide bonds. The topological polar surface area (TPSA) is 36.5 Å². The molecule has 0 aliphatic rings. The Hall–Kier alpha value is -0.820. The van der Waals surface area contributed by atoms with Crippen LogP contribution in [0.15, 0.2) is 24.3 Å². The van der Waals surface area contributed by atoms with Crippen LogP contribution in [0.2, 0.25) is 0 Å². The van der Waals surface area contributed by atoms with Gasteiger partial charge in [-0.25, -0.2) is 16.0 Å². The van der Waals surface area contributed by atoms with E-state index in [-0.39, 0.29) is 0 Å². The lowest BCUT2D eigenvalue weighted by atomic mass is 10.2. The number of thiocarbonyl (C=S) groups is 1. The maximum Gasteiger partial charge on any atom is 0.167 e. The minimum atomic E-state index is 0.784. The van der Waals surface area contributed by atoms with E-state index in [1.807, 2.05) is 32.0 Å². The summed E-state index contributed by atoms with van der Waals surface area (Å²) in [5, 5.41) is 1.81. The van der Waals surface area contributed by atoms with Crippen LogP contribution in [0.4, 0.5) is 0 Å². The quantitative estimate of drug-likeness (QED) is 0.595. The van der Waals surface area contributed by atoms with Gasteiger partial charge in [0.2, 0.25) is 0 Å². The zero-order chi connectivity index (χ0) is 14.1. The van der Waals surface area contributed by atoms with Gasteiger partial charge in [0.1, 0.15) is 5.75 Å². The summed E-state index contributed by atoms with van der Waals surface area (Å²) in [6, 6.07) is 8.03. The van der Waals surface area contributed by atoms with E-state index in [1.54, 1.807) is 24.0 Å². The molecule has 0 spiro atoms. The van der Waals surface area contributed by atoms with Gasteiger partial charge < -0.3 is 4.74 Å². The van der Waals surface area contributed by atoms with Crippen LogP contribution in [0.25, 0.3) is 0 Å². The van der Waals surface area contributed by atoms with Crippen molar-refractivity contribution in [1.82, 2.24) is 16.0 Å². The molecule has 4 nitrogen and oxygen atoms in total. The molecule has 0 heterocycles. The van der Waals surface area contributed by atoms with Gasteiger partial charge in [-0.1, -0.05) is 37.7 Å². The Morgan fingerprint density at radius 2 is 2.00 bits per heavy atom. The Morgan fingerprint density at radius 3 is 2.58 bits per heavy atom. The van der Waals surface area contributed by atoms with E-state index < -0.39 is 0 Å². The summed E-state index contributed by atoms with van der Waals surface area (Å²) in [6.07, 6.45) is 0. The van der Waals surface area contributed by atoms with Crippen molar-refractivity contribution in [3.05, 3.63) is 29.8 Å². The van der Waals surface area contributed by atoms with E-state index in [4.69, 9.17) is 17.0 Å². The first kappa shape index (κ1) is 16.2. The number of hydrazine groups is 2. The Kier molecular flexibility index (Phi) is 7.81. The number of nitrogens with zero attached hydrogens (tertiary/aromatic N) is 1. The maximum absolute atomic E-state index is 5.40. The molecule has 0 fully saturated rings. The summed E-state index contributed by atoms with van der Waals surface area (Å²) in [5.41, 5.74) is 7.55. The second kappa shape index (κ2) is 9.14. The average Bonchev–Trinajstić information content (AvgIpc) is 2.44. The summed E-state index contributed by atoms with van der Waals surface area (Å²) < 4.78 is 5.99. The minimum Gasteiger partial charge on any atom is -0.497 e. The normalized spacial score (nSPS) is 10.3. The van der Waals surface area contributed by atoms with Crippen molar-refractivity contribution in [2.24, 2.45) is 0 Å². The molecule has 6 heteroatoms. The van der Waals surface area contributed by atoms with Gasteiger partial charge >= 0.3 is 0 Å². The van der Waals surface area contributed by atoms with Crippen molar-refractivity contribution < 1.29 is 4.74 Å². The predicted molar refractivity (Wildman–Crippen MR) is 86.1 cm³/mol. The van der Waals surface area contributed by atoms with Crippen molar-refractivity contribution in [2.75, 3.05) is 20.2 Å². The fourth-order valence-corrected chi connectivity index (χ4v) is 2.51. The van der Waals surface area contributed by atoms with Crippen LogP contribution < -0.4 is 15.6 Å². The Balaban J connectivity index is 2.51. The highest BCUT2D eigenvalue weighted by Gasteiger charge is 2.08. The van der Waals surface area contributed by atoms with Gasteiger partial charge in [0.15, 0.2) is 4.32 Å². The molecule has 19 heavy (non-hydrogen) atoms. The number of hydrogen-bond acceptors (Lipinski definition) is 5. The van der Waals surface area contributed by atoms with Gasteiger partial charge in [-0.2, -0.15) is 0 Å². The fraction of sp³-hybridized carbons (Fsp3) is 0.462. The molecule has 106 valence electrons. The Bertz CT molecular complexity index is 395. The van der Waals surface area contributed by atoms with E-state index in [0.29, 0.717) is 0 Å². The summed E-state index contributed by atoms with van der Waals surface area (Å²) in [6.45, 7) is 5.74. The van der Waals surface area contributed by atoms with Gasteiger partial charge in [0.25, 0.3) is 0 Å². The van der Waals surface area contributed by atoms with E-state index in [2.05, 4.69) is 16.9 Å². The average molecular weight is 299 g/mol. The third-order valence-corrected chi connectivity index (χ3v) is 3.75. The monoisotopic (exact) mass is 299 g/mol. The molecule has 0 aromatic heterocycles. The Labute approximate surface area is 124 Å². The molecule has 1 aromatic carbocycles. The zero-order valence-corrected chi connectivity index (χ0v) is 13.2. The van der Waals surface area contributed by atoms with Crippen LogP contribution in [0.3, 0.4) is 0 Å². The molecule has 0 atom stereocenters. The summed E-state index contributed by atoms with van der Waals surface area (Å²) >= 11 is 7.01. The highest BCUT2D eigenvalue weighted by atomic mass is 32.2. The van der Waals surface area contributed by atoms with Crippen molar-refractivity contribution in [3.8, 4) is 5.75 Å². The molecule has 2 N–H and O–H groups in total. The van der Waals surface area contributed by atoms with Crippen LogP contribution in [-0.4, -0.2) is 29.6 Å². The SMILES string of the molecule is CCNN(NCC)C(=S)SCc1cccc(OC)c1. The third-order valence-electron chi connectivity index (χ3n) is 2.31. The van der Waals surface area contributed by atoms with Gasteiger partial charge in [-0.3, -0.25) is 0 Å². The first-order valence-electron chi connectivity index (χ1n) is 6.28. The maximum atomic E-state index is 5.40. The lowest BCUT2D eigenvalue weighted by Gasteiger charge is -2.24.